The van der Waals surface area contributed by atoms with E-state index in [4.69, 9.17) is 10.7 Å². The second-order valence-electron chi connectivity index (χ2n) is 2.57. The van der Waals surface area contributed by atoms with Crippen LogP contribution in [0.1, 0.15) is 17.6 Å². The van der Waals surface area contributed by atoms with Crippen molar-refractivity contribution >= 4 is 19.7 Å². The SMILES string of the molecule is Cc1c(C(F)F)ccnc1S(=O)(=O)Cl. The summed E-state index contributed by atoms with van der Waals surface area (Å²) in [6, 6.07) is 1.06. The Morgan fingerprint density at radius 1 is 1.50 bits per heavy atom. The van der Waals surface area contributed by atoms with Crippen molar-refractivity contribution < 1.29 is 17.2 Å². The van der Waals surface area contributed by atoms with E-state index < -0.39 is 20.5 Å². The van der Waals surface area contributed by atoms with Gasteiger partial charge in [0.2, 0.25) is 0 Å². The predicted molar refractivity (Wildman–Crippen MR) is 47.0 cm³/mol. The fraction of sp³-hybridized carbons (Fsp3) is 0.286. The van der Waals surface area contributed by atoms with Crippen molar-refractivity contribution in [1.82, 2.24) is 4.98 Å². The summed E-state index contributed by atoms with van der Waals surface area (Å²) in [4.78, 5) is 3.44. The Morgan fingerprint density at radius 2 is 2.07 bits per heavy atom. The molecule has 0 atom stereocenters. The van der Waals surface area contributed by atoms with Crippen molar-refractivity contribution in [3.63, 3.8) is 0 Å². The average Bonchev–Trinajstić information content (AvgIpc) is 2.01. The van der Waals surface area contributed by atoms with Crippen LogP contribution in [0.15, 0.2) is 17.3 Å². The first-order chi connectivity index (χ1) is 6.34. The van der Waals surface area contributed by atoms with E-state index in [1.54, 1.807) is 0 Å². The largest absolute Gasteiger partial charge is 0.278 e. The standard InChI is InChI=1S/C7H6ClF2NO2S/c1-4-5(6(9)10)2-3-11-7(4)14(8,12)13/h2-3,6H,1H3. The molecule has 0 aliphatic heterocycles. The molecule has 1 aromatic rings. The minimum Gasteiger partial charge on any atom is -0.243 e. The van der Waals surface area contributed by atoms with E-state index in [0.717, 1.165) is 12.3 Å². The number of pyridine rings is 1. The van der Waals surface area contributed by atoms with Crippen molar-refractivity contribution in [2.24, 2.45) is 0 Å². The van der Waals surface area contributed by atoms with Gasteiger partial charge in [-0.3, -0.25) is 0 Å². The molecule has 7 heteroatoms. The number of halogens is 3. The Bertz CT molecular complexity index is 447. The summed E-state index contributed by atoms with van der Waals surface area (Å²) < 4.78 is 46.4. The Morgan fingerprint density at radius 3 is 2.50 bits per heavy atom. The first-order valence-corrected chi connectivity index (χ1v) is 5.83. The highest BCUT2D eigenvalue weighted by atomic mass is 35.7. The Balaban J connectivity index is 3.43. The van der Waals surface area contributed by atoms with Gasteiger partial charge in [-0.1, -0.05) is 0 Å². The molecule has 0 saturated heterocycles. The van der Waals surface area contributed by atoms with Crippen LogP contribution in [0.2, 0.25) is 0 Å². The van der Waals surface area contributed by atoms with Crippen LogP contribution in [0.25, 0.3) is 0 Å². The van der Waals surface area contributed by atoms with Gasteiger partial charge in [0.1, 0.15) is 0 Å². The van der Waals surface area contributed by atoms with Crippen LogP contribution in [0, 0.1) is 6.92 Å². The van der Waals surface area contributed by atoms with Gasteiger partial charge < -0.3 is 0 Å². The predicted octanol–water partition coefficient (Wildman–Crippen LogP) is 2.26. The molecule has 0 N–H and O–H groups in total. The highest BCUT2D eigenvalue weighted by Gasteiger charge is 2.20. The lowest BCUT2D eigenvalue weighted by molar-refractivity contribution is 0.150. The molecule has 1 heterocycles. The number of hydrogen-bond donors (Lipinski definition) is 0. The molecule has 0 aliphatic carbocycles. The van der Waals surface area contributed by atoms with Crippen molar-refractivity contribution in [3.05, 3.63) is 23.4 Å². The van der Waals surface area contributed by atoms with Gasteiger partial charge >= 0.3 is 0 Å². The molecule has 0 fully saturated rings. The molecule has 0 radical (unpaired) electrons. The number of aromatic nitrogens is 1. The summed E-state index contributed by atoms with van der Waals surface area (Å²) in [5.74, 6) is 0. The van der Waals surface area contributed by atoms with Crippen molar-refractivity contribution in [2.75, 3.05) is 0 Å². The van der Waals surface area contributed by atoms with Gasteiger partial charge in [-0.2, -0.15) is 0 Å². The van der Waals surface area contributed by atoms with Crippen LogP contribution in [-0.2, 0) is 9.05 Å². The summed E-state index contributed by atoms with van der Waals surface area (Å²) >= 11 is 0. The van der Waals surface area contributed by atoms with E-state index in [9.17, 15) is 17.2 Å². The summed E-state index contributed by atoms with van der Waals surface area (Å²) in [6.07, 6.45) is -1.75. The molecular formula is C7H6ClF2NO2S. The Kier molecular flexibility index (Phi) is 3.06. The van der Waals surface area contributed by atoms with E-state index in [-0.39, 0.29) is 11.1 Å². The number of hydrogen-bond acceptors (Lipinski definition) is 3. The monoisotopic (exact) mass is 241 g/mol. The van der Waals surface area contributed by atoms with Crippen LogP contribution in [0.5, 0.6) is 0 Å². The third kappa shape index (κ3) is 2.19. The van der Waals surface area contributed by atoms with E-state index in [2.05, 4.69) is 4.98 Å². The van der Waals surface area contributed by atoms with Gasteiger partial charge in [0, 0.05) is 22.4 Å². The smallest absolute Gasteiger partial charge is 0.243 e. The van der Waals surface area contributed by atoms with Gasteiger partial charge in [0.05, 0.1) is 0 Å². The van der Waals surface area contributed by atoms with E-state index in [1.165, 1.54) is 6.92 Å². The quantitative estimate of drug-likeness (QED) is 0.746. The third-order valence-corrected chi connectivity index (χ3v) is 2.98. The lowest BCUT2D eigenvalue weighted by Gasteiger charge is -2.06. The molecule has 14 heavy (non-hydrogen) atoms. The van der Waals surface area contributed by atoms with Crippen LogP contribution in [0.3, 0.4) is 0 Å². The minimum absolute atomic E-state index is 0.113. The number of alkyl halides is 2. The van der Waals surface area contributed by atoms with Gasteiger partial charge in [0.25, 0.3) is 15.5 Å². The van der Waals surface area contributed by atoms with E-state index >= 15 is 0 Å². The van der Waals surface area contributed by atoms with E-state index in [1.807, 2.05) is 0 Å². The zero-order chi connectivity index (χ0) is 10.9. The van der Waals surface area contributed by atoms with E-state index in [0.29, 0.717) is 0 Å². The second kappa shape index (κ2) is 3.78. The van der Waals surface area contributed by atoms with Gasteiger partial charge in [-0.15, -0.1) is 0 Å². The Labute approximate surface area is 84.1 Å². The molecule has 0 spiro atoms. The summed E-state index contributed by atoms with van der Waals surface area (Å²) in [5, 5.41) is -0.517. The molecule has 0 amide bonds. The van der Waals surface area contributed by atoms with Crippen LogP contribution in [0.4, 0.5) is 8.78 Å². The zero-order valence-electron chi connectivity index (χ0n) is 7.04. The summed E-state index contributed by atoms with van der Waals surface area (Å²) in [7, 11) is 0.944. The molecule has 1 rings (SSSR count). The normalized spacial score (nSPS) is 12.1. The van der Waals surface area contributed by atoms with Crippen LogP contribution < -0.4 is 0 Å². The molecule has 1 aromatic heterocycles. The maximum Gasteiger partial charge on any atom is 0.278 e. The molecule has 78 valence electrons. The Hall–Kier alpha value is -0.750. The lowest BCUT2D eigenvalue weighted by atomic mass is 10.2. The fourth-order valence-corrected chi connectivity index (χ4v) is 2.15. The van der Waals surface area contributed by atoms with Crippen LogP contribution in [-0.4, -0.2) is 13.4 Å². The number of rotatable bonds is 2. The highest BCUT2D eigenvalue weighted by Crippen LogP contribution is 2.26. The van der Waals surface area contributed by atoms with Crippen LogP contribution >= 0.6 is 10.7 Å². The molecule has 0 aromatic carbocycles. The zero-order valence-corrected chi connectivity index (χ0v) is 8.61. The summed E-state index contributed by atoms with van der Waals surface area (Å²) in [5.41, 5.74) is -0.489. The average molecular weight is 242 g/mol. The third-order valence-electron chi connectivity index (χ3n) is 1.67. The lowest BCUT2D eigenvalue weighted by Crippen LogP contribution is -2.02. The molecular weight excluding hydrogens is 236 g/mol. The maximum atomic E-state index is 12.3. The molecule has 3 nitrogen and oxygen atoms in total. The maximum absolute atomic E-state index is 12.3. The molecule has 0 aliphatic rings. The topological polar surface area (TPSA) is 47.0 Å². The van der Waals surface area contributed by atoms with Gasteiger partial charge in [-0.05, 0) is 18.6 Å². The van der Waals surface area contributed by atoms with Gasteiger partial charge in [0.15, 0.2) is 5.03 Å². The minimum atomic E-state index is -4.06. The van der Waals surface area contributed by atoms with Crippen molar-refractivity contribution in [1.29, 1.82) is 0 Å². The molecule has 0 saturated carbocycles. The second-order valence-corrected chi connectivity index (χ2v) is 5.05. The summed E-state index contributed by atoms with van der Waals surface area (Å²) in [6.45, 7) is 1.24. The number of nitrogens with zero attached hydrogens (tertiary/aromatic N) is 1. The van der Waals surface area contributed by atoms with Crippen molar-refractivity contribution in [3.8, 4) is 0 Å². The highest BCUT2D eigenvalue weighted by molar-refractivity contribution is 8.13. The first-order valence-electron chi connectivity index (χ1n) is 3.52. The molecule has 0 bridgehead atoms. The molecule has 0 unspecified atom stereocenters. The first kappa shape index (κ1) is 11.3. The van der Waals surface area contributed by atoms with Crippen molar-refractivity contribution in [2.45, 2.75) is 18.4 Å². The fourth-order valence-electron chi connectivity index (χ4n) is 1.01. The van der Waals surface area contributed by atoms with Gasteiger partial charge in [-0.25, -0.2) is 22.2 Å².